The van der Waals surface area contributed by atoms with Crippen LogP contribution in [0.4, 0.5) is 5.95 Å². The van der Waals surface area contributed by atoms with Crippen molar-refractivity contribution in [2.45, 2.75) is 26.1 Å². The van der Waals surface area contributed by atoms with Crippen LogP contribution in [-0.2, 0) is 26.7 Å². The van der Waals surface area contributed by atoms with Crippen LogP contribution in [0.15, 0.2) is 70.3 Å². The number of aromatic nitrogens is 4. The Morgan fingerprint density at radius 3 is 2.38 bits per heavy atom. The number of rotatable bonds is 5. The van der Waals surface area contributed by atoms with Crippen molar-refractivity contribution in [1.82, 2.24) is 18.7 Å². The number of nitrogens with zero attached hydrogens (tertiary/aromatic N) is 5. The van der Waals surface area contributed by atoms with Crippen LogP contribution < -0.4 is 16.1 Å². The van der Waals surface area contributed by atoms with E-state index in [0.717, 1.165) is 23.1 Å². The lowest BCUT2D eigenvalue weighted by atomic mass is 10.1. The number of ketones is 1. The molecule has 0 bridgehead atoms. The van der Waals surface area contributed by atoms with Crippen molar-refractivity contribution < 1.29 is 4.79 Å². The summed E-state index contributed by atoms with van der Waals surface area (Å²) in [4.78, 5) is 45.9. The predicted octanol–water partition coefficient (Wildman–Crippen LogP) is 2.19. The first-order valence-corrected chi connectivity index (χ1v) is 10.6. The summed E-state index contributed by atoms with van der Waals surface area (Å²) in [5, 5.41) is 0. The summed E-state index contributed by atoms with van der Waals surface area (Å²) in [6.07, 6.45) is 0.858. The third-order valence-corrected chi connectivity index (χ3v) is 5.92. The highest BCUT2D eigenvalue weighted by atomic mass is 16.2. The molecule has 162 valence electrons. The number of aryl methyl sites for hydroxylation is 2. The zero-order valence-electron chi connectivity index (χ0n) is 17.8. The second kappa shape index (κ2) is 7.96. The zero-order chi connectivity index (χ0) is 22.2. The molecule has 3 heterocycles. The van der Waals surface area contributed by atoms with Gasteiger partial charge in [-0.05, 0) is 12.0 Å². The average molecular weight is 429 g/mol. The minimum Gasteiger partial charge on any atom is -0.338 e. The van der Waals surface area contributed by atoms with E-state index in [0.29, 0.717) is 35.8 Å². The van der Waals surface area contributed by atoms with E-state index in [9.17, 15) is 14.4 Å². The number of fused-ring (bicyclic) bond motifs is 3. The second-order valence-corrected chi connectivity index (χ2v) is 8.02. The SMILES string of the molecule is Cn1c(=O)n(CC(=O)c2ccccc2)c(=O)c2c1nc1n2CCCN1Cc1ccccc1. The van der Waals surface area contributed by atoms with Crippen LogP contribution >= 0.6 is 0 Å². The lowest BCUT2D eigenvalue weighted by molar-refractivity contribution is 0.0969. The molecule has 0 saturated heterocycles. The van der Waals surface area contributed by atoms with Gasteiger partial charge in [-0.1, -0.05) is 60.7 Å². The summed E-state index contributed by atoms with van der Waals surface area (Å²) >= 11 is 0. The van der Waals surface area contributed by atoms with Crippen LogP contribution in [-0.4, -0.2) is 31.0 Å². The Morgan fingerprint density at radius 1 is 0.969 bits per heavy atom. The van der Waals surface area contributed by atoms with Gasteiger partial charge >= 0.3 is 5.69 Å². The van der Waals surface area contributed by atoms with Gasteiger partial charge in [0, 0.05) is 32.2 Å². The number of imidazole rings is 1. The molecule has 2 aromatic heterocycles. The molecule has 0 fully saturated rings. The van der Waals surface area contributed by atoms with Crippen molar-refractivity contribution >= 4 is 22.9 Å². The fourth-order valence-electron chi connectivity index (χ4n) is 4.28. The Balaban J connectivity index is 1.60. The number of hydrogen-bond acceptors (Lipinski definition) is 5. The van der Waals surface area contributed by atoms with Crippen LogP contribution in [0.5, 0.6) is 0 Å². The van der Waals surface area contributed by atoms with Crippen molar-refractivity contribution in [2.24, 2.45) is 7.05 Å². The molecular formula is C24H23N5O3. The lowest BCUT2D eigenvalue weighted by Crippen LogP contribution is -2.41. The van der Waals surface area contributed by atoms with Crippen LogP contribution in [0.25, 0.3) is 11.2 Å². The van der Waals surface area contributed by atoms with Crippen LogP contribution in [0.2, 0.25) is 0 Å². The van der Waals surface area contributed by atoms with E-state index in [1.54, 1.807) is 31.3 Å². The normalized spacial score (nSPS) is 13.3. The van der Waals surface area contributed by atoms with E-state index in [1.807, 2.05) is 28.8 Å². The first-order valence-electron chi connectivity index (χ1n) is 10.6. The molecule has 4 aromatic rings. The minimum atomic E-state index is -0.545. The molecule has 0 amide bonds. The smallest absolute Gasteiger partial charge is 0.332 e. The van der Waals surface area contributed by atoms with E-state index in [-0.39, 0.29) is 12.3 Å². The van der Waals surface area contributed by atoms with Crippen LogP contribution in [0, 0.1) is 0 Å². The molecule has 0 radical (unpaired) electrons. The van der Waals surface area contributed by atoms with Gasteiger partial charge in [-0.3, -0.25) is 18.7 Å². The summed E-state index contributed by atoms with van der Waals surface area (Å²) < 4.78 is 4.26. The van der Waals surface area contributed by atoms with Crippen molar-refractivity contribution in [3.8, 4) is 0 Å². The largest absolute Gasteiger partial charge is 0.338 e. The molecule has 1 aliphatic rings. The molecule has 32 heavy (non-hydrogen) atoms. The zero-order valence-corrected chi connectivity index (χ0v) is 17.8. The first-order chi connectivity index (χ1) is 15.5. The highest BCUT2D eigenvalue weighted by Crippen LogP contribution is 2.25. The number of benzene rings is 2. The van der Waals surface area contributed by atoms with Crippen molar-refractivity contribution in [2.75, 3.05) is 11.4 Å². The number of carbonyl (C=O) groups excluding carboxylic acids is 1. The van der Waals surface area contributed by atoms with Gasteiger partial charge in [0.05, 0.1) is 6.54 Å². The predicted molar refractivity (Wildman–Crippen MR) is 122 cm³/mol. The van der Waals surface area contributed by atoms with E-state index >= 15 is 0 Å². The number of hydrogen-bond donors (Lipinski definition) is 0. The van der Waals surface area contributed by atoms with Gasteiger partial charge in [-0.15, -0.1) is 0 Å². The molecule has 0 N–H and O–H groups in total. The van der Waals surface area contributed by atoms with Crippen molar-refractivity contribution in [3.63, 3.8) is 0 Å². The highest BCUT2D eigenvalue weighted by molar-refractivity contribution is 5.95. The second-order valence-electron chi connectivity index (χ2n) is 8.02. The third kappa shape index (κ3) is 3.33. The molecule has 0 unspecified atom stereocenters. The molecule has 0 spiro atoms. The summed E-state index contributed by atoms with van der Waals surface area (Å²) in [7, 11) is 1.59. The monoisotopic (exact) mass is 429 g/mol. The highest BCUT2D eigenvalue weighted by Gasteiger charge is 2.26. The fraction of sp³-hybridized carbons (Fsp3) is 0.250. The molecule has 0 saturated carbocycles. The van der Waals surface area contributed by atoms with Gasteiger partial charge in [-0.2, -0.15) is 4.98 Å². The maximum Gasteiger partial charge on any atom is 0.332 e. The summed E-state index contributed by atoms with van der Waals surface area (Å²) in [6.45, 7) is 1.81. The van der Waals surface area contributed by atoms with E-state index < -0.39 is 11.2 Å². The summed E-state index contributed by atoms with van der Waals surface area (Å²) in [6, 6.07) is 18.8. The van der Waals surface area contributed by atoms with E-state index in [1.165, 1.54) is 4.57 Å². The maximum absolute atomic E-state index is 13.4. The standard InChI is InChI=1S/C24H23N5O3/c1-26-21-20(22(31)29(24(26)32)16-19(30)18-11-6-3-7-12-18)28-14-8-13-27(23(28)25-21)15-17-9-4-2-5-10-17/h2-7,9-12H,8,13-16H2,1H3. The molecule has 5 rings (SSSR count). The van der Waals surface area contributed by atoms with Gasteiger partial charge in [0.2, 0.25) is 5.95 Å². The van der Waals surface area contributed by atoms with Crippen molar-refractivity contribution in [1.29, 1.82) is 0 Å². The molecule has 0 aliphatic carbocycles. The summed E-state index contributed by atoms with van der Waals surface area (Å²) in [5.74, 6) is 0.391. The fourth-order valence-corrected chi connectivity index (χ4v) is 4.28. The molecule has 2 aromatic carbocycles. The number of Topliss-reactive ketones (excluding diaryl/α,β-unsaturated/α-hetero) is 1. The molecule has 8 nitrogen and oxygen atoms in total. The Morgan fingerprint density at radius 2 is 1.66 bits per heavy atom. The molecule has 1 aliphatic heterocycles. The topological polar surface area (TPSA) is 82.1 Å². The maximum atomic E-state index is 13.4. The molecule has 0 atom stereocenters. The first kappa shape index (κ1) is 20.0. The van der Waals surface area contributed by atoms with Gasteiger partial charge in [0.1, 0.15) is 0 Å². The van der Waals surface area contributed by atoms with Crippen LogP contribution in [0.3, 0.4) is 0 Å². The van der Waals surface area contributed by atoms with E-state index in [2.05, 4.69) is 22.0 Å². The lowest BCUT2D eigenvalue weighted by Gasteiger charge is -2.29. The quantitative estimate of drug-likeness (QED) is 0.454. The Kier molecular flexibility index (Phi) is 4.97. The van der Waals surface area contributed by atoms with Gasteiger partial charge in [0.25, 0.3) is 5.56 Å². The van der Waals surface area contributed by atoms with Crippen molar-refractivity contribution in [3.05, 3.63) is 92.6 Å². The van der Waals surface area contributed by atoms with E-state index in [4.69, 9.17) is 0 Å². The van der Waals surface area contributed by atoms with Gasteiger partial charge < -0.3 is 9.47 Å². The Hall–Kier alpha value is -3.94. The molecular weight excluding hydrogens is 406 g/mol. The van der Waals surface area contributed by atoms with Gasteiger partial charge in [0.15, 0.2) is 16.9 Å². The summed E-state index contributed by atoms with van der Waals surface area (Å²) in [5.41, 5.74) is 1.29. The van der Waals surface area contributed by atoms with Crippen LogP contribution in [0.1, 0.15) is 22.3 Å². The Bertz CT molecular complexity index is 1420. The number of carbonyl (C=O) groups is 1. The number of anilines is 1. The minimum absolute atomic E-state index is 0.284. The molecule has 8 heteroatoms. The third-order valence-electron chi connectivity index (χ3n) is 5.92. The Labute approximate surface area is 184 Å². The van der Waals surface area contributed by atoms with Gasteiger partial charge in [-0.25, -0.2) is 4.79 Å². The average Bonchev–Trinajstić information content (AvgIpc) is 3.22.